The molecule has 1 heterocycles. The number of aliphatic hydroxyl groups excluding tert-OH is 1. The van der Waals surface area contributed by atoms with E-state index in [-0.39, 0.29) is 17.8 Å². The van der Waals surface area contributed by atoms with Gasteiger partial charge in [-0.05, 0) is 31.3 Å². The Balaban J connectivity index is 2.08. The molecule has 0 radical (unpaired) electrons. The van der Waals surface area contributed by atoms with E-state index in [1.165, 1.54) is 0 Å². The van der Waals surface area contributed by atoms with Crippen LogP contribution in [0.25, 0.3) is 0 Å². The van der Waals surface area contributed by atoms with Crippen LogP contribution in [0.3, 0.4) is 0 Å². The largest absolute Gasteiger partial charge is 0.458 e. The van der Waals surface area contributed by atoms with Crippen molar-refractivity contribution in [2.24, 2.45) is 17.3 Å². The van der Waals surface area contributed by atoms with Crippen LogP contribution in [0.15, 0.2) is 12.2 Å². The van der Waals surface area contributed by atoms with Gasteiger partial charge in [0.25, 0.3) is 0 Å². The molecule has 4 nitrogen and oxygen atoms in total. The van der Waals surface area contributed by atoms with Crippen LogP contribution in [-0.2, 0) is 9.53 Å². The first-order valence-corrected chi connectivity index (χ1v) is 7.11. The standard InChI is InChI=1S/C15H22O4/c1-8-4-5-11(16)14(3)7-6-10-9(2)13(17)19-12(10)15(8,14)18/h9-12,16,18H,1,4-7H2,2-3H3/t9-,10+,11-,12-,14-,15-/m0/s1. The first-order valence-electron chi connectivity index (χ1n) is 7.11. The van der Waals surface area contributed by atoms with E-state index >= 15 is 0 Å². The van der Waals surface area contributed by atoms with E-state index in [4.69, 9.17) is 4.74 Å². The average molecular weight is 266 g/mol. The van der Waals surface area contributed by atoms with E-state index < -0.39 is 23.2 Å². The van der Waals surface area contributed by atoms with Crippen molar-refractivity contribution in [2.45, 2.75) is 57.3 Å². The van der Waals surface area contributed by atoms with Gasteiger partial charge < -0.3 is 14.9 Å². The van der Waals surface area contributed by atoms with Crippen LogP contribution in [0, 0.1) is 17.3 Å². The van der Waals surface area contributed by atoms with E-state index in [2.05, 4.69) is 6.58 Å². The highest BCUT2D eigenvalue weighted by Crippen LogP contribution is 2.59. The van der Waals surface area contributed by atoms with Gasteiger partial charge in [0.1, 0.15) is 11.7 Å². The zero-order valence-corrected chi connectivity index (χ0v) is 11.6. The molecule has 106 valence electrons. The molecule has 4 heteroatoms. The minimum absolute atomic E-state index is 0.0348. The smallest absolute Gasteiger partial charge is 0.309 e. The molecule has 0 bridgehead atoms. The number of ether oxygens (including phenoxy) is 1. The van der Waals surface area contributed by atoms with Crippen LogP contribution in [0.5, 0.6) is 0 Å². The molecule has 3 fully saturated rings. The van der Waals surface area contributed by atoms with Crippen LogP contribution in [-0.4, -0.2) is 34.0 Å². The fourth-order valence-electron chi connectivity index (χ4n) is 4.38. The summed E-state index contributed by atoms with van der Waals surface area (Å²) in [6, 6.07) is 0. The van der Waals surface area contributed by atoms with Crippen molar-refractivity contribution in [3.05, 3.63) is 12.2 Å². The number of hydrogen-bond acceptors (Lipinski definition) is 4. The molecule has 0 aromatic rings. The summed E-state index contributed by atoms with van der Waals surface area (Å²) in [4.78, 5) is 11.8. The summed E-state index contributed by atoms with van der Waals surface area (Å²) < 4.78 is 5.47. The lowest BCUT2D eigenvalue weighted by atomic mass is 9.51. The Kier molecular flexibility index (Phi) is 2.64. The third kappa shape index (κ3) is 1.39. The molecule has 2 aliphatic carbocycles. The molecule has 1 saturated heterocycles. The Morgan fingerprint density at radius 2 is 2.11 bits per heavy atom. The van der Waals surface area contributed by atoms with Crippen molar-refractivity contribution in [1.82, 2.24) is 0 Å². The predicted octanol–water partition coefficient (Wildman–Crippen LogP) is 1.41. The zero-order chi connectivity index (χ0) is 14.0. The number of carbonyl (C=O) groups excluding carboxylic acids is 1. The van der Waals surface area contributed by atoms with Crippen LogP contribution in [0.1, 0.15) is 39.5 Å². The summed E-state index contributed by atoms with van der Waals surface area (Å²) in [5.41, 5.74) is -1.24. The second-order valence-electron chi connectivity index (χ2n) is 6.69. The molecule has 2 saturated carbocycles. The molecule has 0 spiro atoms. The summed E-state index contributed by atoms with van der Waals surface area (Å²) in [7, 11) is 0. The van der Waals surface area contributed by atoms with E-state index in [1.807, 2.05) is 13.8 Å². The second kappa shape index (κ2) is 3.83. The van der Waals surface area contributed by atoms with Gasteiger partial charge in [0.2, 0.25) is 0 Å². The Morgan fingerprint density at radius 3 is 2.79 bits per heavy atom. The molecule has 0 amide bonds. The van der Waals surface area contributed by atoms with E-state index in [0.29, 0.717) is 24.8 Å². The number of rotatable bonds is 0. The first kappa shape index (κ1) is 13.1. The van der Waals surface area contributed by atoms with Gasteiger partial charge in [0, 0.05) is 11.3 Å². The van der Waals surface area contributed by atoms with Crippen molar-refractivity contribution in [2.75, 3.05) is 0 Å². The maximum atomic E-state index is 11.8. The molecule has 1 aliphatic heterocycles. The lowest BCUT2D eigenvalue weighted by Gasteiger charge is -2.58. The topological polar surface area (TPSA) is 66.8 Å². The average Bonchev–Trinajstić information content (AvgIpc) is 2.66. The minimum atomic E-state index is -1.28. The number of esters is 1. The lowest BCUT2D eigenvalue weighted by molar-refractivity contribution is -0.216. The van der Waals surface area contributed by atoms with Gasteiger partial charge in [-0.15, -0.1) is 0 Å². The molecule has 3 rings (SSSR count). The second-order valence-corrected chi connectivity index (χ2v) is 6.69. The summed E-state index contributed by atoms with van der Waals surface area (Å²) in [6.45, 7) is 7.77. The fraction of sp³-hybridized carbons (Fsp3) is 0.800. The highest BCUT2D eigenvalue weighted by atomic mass is 16.6. The number of carbonyl (C=O) groups is 1. The third-order valence-corrected chi connectivity index (χ3v) is 5.92. The molecule has 0 aromatic carbocycles. The van der Waals surface area contributed by atoms with E-state index in [0.717, 1.165) is 6.42 Å². The molecule has 3 aliphatic rings. The summed E-state index contributed by atoms with van der Waals surface area (Å²) >= 11 is 0. The van der Waals surface area contributed by atoms with Gasteiger partial charge in [0.05, 0.1) is 12.0 Å². The van der Waals surface area contributed by atoms with Crippen LogP contribution >= 0.6 is 0 Å². The monoisotopic (exact) mass is 266 g/mol. The lowest BCUT2D eigenvalue weighted by Crippen LogP contribution is -2.67. The van der Waals surface area contributed by atoms with Gasteiger partial charge in [-0.1, -0.05) is 20.4 Å². The molecule has 2 N–H and O–H groups in total. The summed E-state index contributed by atoms with van der Waals surface area (Å²) in [5.74, 6) is -0.376. The molecule has 19 heavy (non-hydrogen) atoms. The normalized spacial score (nSPS) is 53.5. The first-order chi connectivity index (χ1) is 8.82. The Bertz CT molecular complexity index is 445. The number of aliphatic hydroxyl groups is 2. The van der Waals surface area contributed by atoms with Gasteiger partial charge >= 0.3 is 5.97 Å². The fourth-order valence-corrected chi connectivity index (χ4v) is 4.38. The molecular weight excluding hydrogens is 244 g/mol. The molecule has 6 atom stereocenters. The predicted molar refractivity (Wildman–Crippen MR) is 69.2 cm³/mol. The Labute approximate surface area is 113 Å². The van der Waals surface area contributed by atoms with Crippen LogP contribution < -0.4 is 0 Å². The summed E-state index contributed by atoms with van der Waals surface area (Å²) in [5, 5.41) is 21.6. The maximum absolute atomic E-state index is 11.8. The number of fused-ring (bicyclic) bond motifs is 3. The Hall–Kier alpha value is -0.870. The van der Waals surface area contributed by atoms with Crippen molar-refractivity contribution in [3.8, 4) is 0 Å². The van der Waals surface area contributed by atoms with Gasteiger partial charge in [-0.2, -0.15) is 0 Å². The Morgan fingerprint density at radius 1 is 1.42 bits per heavy atom. The van der Waals surface area contributed by atoms with Gasteiger partial charge in [0.15, 0.2) is 0 Å². The molecular formula is C15H22O4. The van der Waals surface area contributed by atoms with Crippen molar-refractivity contribution in [3.63, 3.8) is 0 Å². The third-order valence-electron chi connectivity index (χ3n) is 5.92. The highest BCUT2D eigenvalue weighted by Gasteiger charge is 2.67. The molecule has 0 aromatic heterocycles. The van der Waals surface area contributed by atoms with Gasteiger partial charge in [-0.25, -0.2) is 0 Å². The molecule has 0 unspecified atom stereocenters. The quantitative estimate of drug-likeness (QED) is 0.514. The SMILES string of the molecule is C=C1CC[C@H](O)[C@]2(C)CC[C@@H]3[C@H](C)C(=O)O[C@@H]3[C@@]12O. The van der Waals surface area contributed by atoms with E-state index in [1.54, 1.807) is 0 Å². The van der Waals surface area contributed by atoms with Crippen LogP contribution in [0.4, 0.5) is 0 Å². The van der Waals surface area contributed by atoms with E-state index in [9.17, 15) is 15.0 Å². The van der Waals surface area contributed by atoms with Crippen molar-refractivity contribution < 1.29 is 19.7 Å². The highest BCUT2D eigenvalue weighted by molar-refractivity contribution is 5.75. The van der Waals surface area contributed by atoms with Crippen LogP contribution in [0.2, 0.25) is 0 Å². The van der Waals surface area contributed by atoms with Crippen molar-refractivity contribution in [1.29, 1.82) is 0 Å². The minimum Gasteiger partial charge on any atom is -0.458 e. The van der Waals surface area contributed by atoms with Gasteiger partial charge in [-0.3, -0.25) is 4.79 Å². The summed E-state index contributed by atoms with van der Waals surface area (Å²) in [6.07, 6.45) is 1.60. The zero-order valence-electron chi connectivity index (χ0n) is 11.6. The maximum Gasteiger partial charge on any atom is 0.309 e. The number of hydrogen-bond donors (Lipinski definition) is 2. The van der Waals surface area contributed by atoms with Crippen molar-refractivity contribution >= 4 is 5.97 Å².